The van der Waals surface area contributed by atoms with E-state index in [9.17, 15) is 9.18 Å². The van der Waals surface area contributed by atoms with Crippen LogP contribution in [0.3, 0.4) is 0 Å². The smallest absolute Gasteiger partial charge is 0.255 e. The molecule has 0 saturated carbocycles. The molecule has 2 aromatic carbocycles. The van der Waals surface area contributed by atoms with Crippen LogP contribution < -0.4 is 5.32 Å². The van der Waals surface area contributed by atoms with E-state index in [2.05, 4.69) is 15.5 Å². The predicted octanol–water partition coefficient (Wildman–Crippen LogP) is 4.34. The van der Waals surface area contributed by atoms with Gasteiger partial charge in [-0.15, -0.1) is 0 Å². The van der Waals surface area contributed by atoms with Crippen LogP contribution in [0.25, 0.3) is 11.4 Å². The number of amides is 1. The van der Waals surface area contributed by atoms with Gasteiger partial charge in [-0.05, 0) is 30.3 Å². The number of halogens is 2. The molecular weight excluding hydrogens is 333 g/mol. The number of nitrogens with zero attached hydrogens (tertiary/aromatic N) is 2. The second-order valence-corrected chi connectivity index (χ2v) is 5.43. The zero-order valence-corrected chi connectivity index (χ0v) is 13.5. The van der Waals surface area contributed by atoms with Gasteiger partial charge in [0.2, 0.25) is 11.7 Å². The van der Waals surface area contributed by atoms with E-state index in [0.29, 0.717) is 29.4 Å². The van der Waals surface area contributed by atoms with E-state index in [1.807, 2.05) is 6.92 Å². The van der Waals surface area contributed by atoms with E-state index in [4.69, 9.17) is 16.1 Å². The topological polar surface area (TPSA) is 68.0 Å². The Kier molecular flexibility index (Phi) is 4.57. The standard InChI is InChI=1S/C17H13ClFN3O2/c1-2-15-21-16(22-24-15)10-3-5-11(6-4-10)17(23)20-12-7-8-14(19)13(18)9-12/h3-9H,2H2,1H3,(H,20,23). The molecule has 1 amide bonds. The first-order chi connectivity index (χ1) is 11.6. The average Bonchev–Trinajstić information content (AvgIpc) is 3.07. The molecule has 0 atom stereocenters. The van der Waals surface area contributed by atoms with E-state index < -0.39 is 5.82 Å². The maximum absolute atomic E-state index is 13.1. The first kappa shape index (κ1) is 16.1. The van der Waals surface area contributed by atoms with Gasteiger partial charge >= 0.3 is 0 Å². The Morgan fingerprint density at radius 1 is 1.25 bits per heavy atom. The normalized spacial score (nSPS) is 10.6. The van der Waals surface area contributed by atoms with E-state index in [-0.39, 0.29) is 10.9 Å². The molecule has 0 aliphatic heterocycles. The molecule has 3 rings (SSSR count). The maximum atomic E-state index is 13.1. The summed E-state index contributed by atoms with van der Waals surface area (Å²) in [4.78, 5) is 16.4. The Morgan fingerprint density at radius 2 is 2.00 bits per heavy atom. The van der Waals surface area contributed by atoms with Crippen LogP contribution in [0.5, 0.6) is 0 Å². The zero-order valence-electron chi connectivity index (χ0n) is 12.7. The highest BCUT2D eigenvalue weighted by molar-refractivity contribution is 6.31. The number of rotatable bonds is 4. The SMILES string of the molecule is CCc1nc(-c2ccc(C(=O)Nc3ccc(F)c(Cl)c3)cc2)no1. The third-order valence-corrected chi connectivity index (χ3v) is 3.64. The summed E-state index contributed by atoms with van der Waals surface area (Å²) in [5.41, 5.74) is 1.61. The lowest BCUT2D eigenvalue weighted by atomic mass is 10.1. The average molecular weight is 346 g/mol. The van der Waals surface area contributed by atoms with Crippen molar-refractivity contribution in [3.8, 4) is 11.4 Å². The summed E-state index contributed by atoms with van der Waals surface area (Å²) in [5.74, 6) is 0.168. The highest BCUT2D eigenvalue weighted by Gasteiger charge is 2.10. The fraction of sp³-hybridized carbons (Fsp3) is 0.118. The third-order valence-electron chi connectivity index (χ3n) is 3.35. The van der Waals surface area contributed by atoms with Crippen LogP contribution in [0.2, 0.25) is 5.02 Å². The van der Waals surface area contributed by atoms with Gasteiger partial charge in [-0.25, -0.2) is 4.39 Å². The maximum Gasteiger partial charge on any atom is 0.255 e. The fourth-order valence-corrected chi connectivity index (χ4v) is 2.24. The number of aromatic nitrogens is 2. The van der Waals surface area contributed by atoms with Crippen molar-refractivity contribution in [1.29, 1.82) is 0 Å². The summed E-state index contributed by atoms with van der Waals surface area (Å²) >= 11 is 5.70. The second kappa shape index (κ2) is 6.80. The van der Waals surface area contributed by atoms with Crippen LogP contribution in [0.15, 0.2) is 47.0 Å². The van der Waals surface area contributed by atoms with E-state index in [0.717, 1.165) is 5.56 Å². The van der Waals surface area contributed by atoms with Gasteiger partial charge in [-0.2, -0.15) is 4.98 Å². The first-order valence-electron chi connectivity index (χ1n) is 7.26. The highest BCUT2D eigenvalue weighted by Crippen LogP contribution is 2.21. The summed E-state index contributed by atoms with van der Waals surface area (Å²) in [6, 6.07) is 10.8. The molecule has 24 heavy (non-hydrogen) atoms. The van der Waals surface area contributed by atoms with Gasteiger partial charge in [0.25, 0.3) is 5.91 Å². The lowest BCUT2D eigenvalue weighted by molar-refractivity contribution is 0.102. The van der Waals surface area contributed by atoms with Crippen LogP contribution in [-0.2, 0) is 6.42 Å². The fourth-order valence-electron chi connectivity index (χ4n) is 2.06. The molecule has 1 aromatic heterocycles. The van der Waals surface area contributed by atoms with Gasteiger partial charge in [0.1, 0.15) is 5.82 Å². The quantitative estimate of drug-likeness (QED) is 0.763. The van der Waals surface area contributed by atoms with Crippen LogP contribution in [0.4, 0.5) is 10.1 Å². The van der Waals surface area contributed by atoms with E-state index in [1.165, 1.54) is 18.2 Å². The Morgan fingerprint density at radius 3 is 2.62 bits per heavy atom. The molecule has 0 spiro atoms. The molecule has 1 heterocycles. The number of nitrogens with one attached hydrogen (secondary N) is 1. The van der Waals surface area contributed by atoms with Gasteiger partial charge < -0.3 is 9.84 Å². The number of anilines is 1. The van der Waals surface area contributed by atoms with Crippen LogP contribution in [-0.4, -0.2) is 16.0 Å². The molecule has 122 valence electrons. The summed E-state index contributed by atoms with van der Waals surface area (Å²) in [7, 11) is 0. The monoisotopic (exact) mass is 345 g/mol. The molecule has 0 fully saturated rings. The van der Waals surface area contributed by atoms with Crippen molar-refractivity contribution < 1.29 is 13.7 Å². The van der Waals surface area contributed by atoms with Gasteiger partial charge in [-0.1, -0.05) is 35.8 Å². The van der Waals surface area contributed by atoms with Crippen molar-refractivity contribution in [2.75, 3.05) is 5.32 Å². The van der Waals surface area contributed by atoms with Gasteiger partial charge in [0, 0.05) is 23.2 Å². The van der Waals surface area contributed by atoms with E-state index in [1.54, 1.807) is 24.3 Å². The van der Waals surface area contributed by atoms with Crippen molar-refractivity contribution in [2.24, 2.45) is 0 Å². The number of hydrogen-bond donors (Lipinski definition) is 1. The molecule has 0 saturated heterocycles. The molecule has 5 nitrogen and oxygen atoms in total. The van der Waals surface area contributed by atoms with Crippen LogP contribution in [0, 0.1) is 5.82 Å². The number of benzene rings is 2. The van der Waals surface area contributed by atoms with E-state index >= 15 is 0 Å². The molecule has 0 unspecified atom stereocenters. The molecule has 7 heteroatoms. The summed E-state index contributed by atoms with van der Waals surface area (Å²) in [6.45, 7) is 1.92. The largest absolute Gasteiger partial charge is 0.339 e. The summed E-state index contributed by atoms with van der Waals surface area (Å²) in [6.07, 6.45) is 0.660. The van der Waals surface area contributed by atoms with Gasteiger partial charge in [0.05, 0.1) is 5.02 Å². The Labute approximate surface area is 142 Å². The van der Waals surface area contributed by atoms with Crippen molar-refractivity contribution in [1.82, 2.24) is 10.1 Å². The molecule has 3 aromatic rings. The number of aryl methyl sites for hydroxylation is 1. The van der Waals surface area contributed by atoms with Crippen molar-refractivity contribution >= 4 is 23.2 Å². The second-order valence-electron chi connectivity index (χ2n) is 5.03. The van der Waals surface area contributed by atoms with Crippen molar-refractivity contribution in [3.63, 3.8) is 0 Å². The molecule has 0 bridgehead atoms. The zero-order chi connectivity index (χ0) is 17.1. The van der Waals surface area contributed by atoms with Crippen LogP contribution >= 0.6 is 11.6 Å². The number of hydrogen-bond acceptors (Lipinski definition) is 4. The first-order valence-corrected chi connectivity index (χ1v) is 7.64. The van der Waals surface area contributed by atoms with Crippen molar-refractivity contribution in [3.05, 3.63) is 64.8 Å². The molecule has 0 aliphatic carbocycles. The van der Waals surface area contributed by atoms with Crippen molar-refractivity contribution in [2.45, 2.75) is 13.3 Å². The number of carbonyl (C=O) groups is 1. The molecule has 0 radical (unpaired) electrons. The minimum atomic E-state index is -0.537. The highest BCUT2D eigenvalue weighted by atomic mass is 35.5. The Bertz CT molecular complexity index is 878. The summed E-state index contributed by atoms with van der Waals surface area (Å²) < 4.78 is 18.2. The molecule has 0 aliphatic rings. The lowest BCUT2D eigenvalue weighted by Crippen LogP contribution is -2.11. The minimum absolute atomic E-state index is 0.0491. The Balaban J connectivity index is 1.74. The predicted molar refractivity (Wildman–Crippen MR) is 88.5 cm³/mol. The lowest BCUT2D eigenvalue weighted by Gasteiger charge is -2.06. The van der Waals surface area contributed by atoms with Gasteiger partial charge in [-0.3, -0.25) is 4.79 Å². The summed E-state index contributed by atoms with van der Waals surface area (Å²) in [5, 5.41) is 6.49. The number of carbonyl (C=O) groups excluding carboxylic acids is 1. The minimum Gasteiger partial charge on any atom is -0.339 e. The molecular formula is C17H13ClFN3O2. The Hall–Kier alpha value is -2.73. The molecule has 1 N–H and O–H groups in total. The third kappa shape index (κ3) is 3.44. The van der Waals surface area contributed by atoms with Crippen LogP contribution in [0.1, 0.15) is 23.2 Å². The van der Waals surface area contributed by atoms with Gasteiger partial charge in [0.15, 0.2) is 0 Å².